The van der Waals surface area contributed by atoms with Gasteiger partial charge in [0.2, 0.25) is 0 Å². The van der Waals surface area contributed by atoms with Crippen molar-refractivity contribution in [3.63, 3.8) is 0 Å². The number of nitrogen functional groups attached to an aromatic ring is 1. The van der Waals surface area contributed by atoms with Gasteiger partial charge in [-0.15, -0.1) is 0 Å². The Bertz CT molecular complexity index is 571. The van der Waals surface area contributed by atoms with Gasteiger partial charge in [-0.3, -0.25) is 0 Å². The summed E-state index contributed by atoms with van der Waals surface area (Å²) in [6.07, 6.45) is 2.14. The van der Waals surface area contributed by atoms with Gasteiger partial charge in [0.25, 0.3) is 0 Å². The van der Waals surface area contributed by atoms with Crippen molar-refractivity contribution in [2.45, 2.75) is 31.2 Å². The molecular weight excluding hydrogens is 278 g/mol. The van der Waals surface area contributed by atoms with Crippen LogP contribution >= 0.6 is 0 Å². The third-order valence-corrected chi connectivity index (χ3v) is 4.52. The molecular formula is C12H23N5O2S. The number of aromatic nitrogens is 2. The molecule has 7 nitrogen and oxygen atoms in total. The highest BCUT2D eigenvalue weighted by molar-refractivity contribution is 7.91. The highest BCUT2D eigenvalue weighted by atomic mass is 32.2. The molecule has 1 aromatic rings. The predicted octanol–water partition coefficient (Wildman–Crippen LogP) is 0.249. The van der Waals surface area contributed by atoms with Gasteiger partial charge in [-0.05, 0) is 26.8 Å². The Hall–Kier alpha value is -1.28. The summed E-state index contributed by atoms with van der Waals surface area (Å²) in [4.78, 5) is 2.17. The highest BCUT2D eigenvalue weighted by Crippen LogP contribution is 2.32. The van der Waals surface area contributed by atoms with Crippen molar-refractivity contribution in [1.29, 1.82) is 0 Å². The van der Waals surface area contributed by atoms with Crippen LogP contribution in [0.25, 0.3) is 0 Å². The average molecular weight is 301 g/mol. The Kier molecular flexibility index (Phi) is 4.24. The van der Waals surface area contributed by atoms with Crippen LogP contribution in [0.15, 0.2) is 4.90 Å². The molecule has 1 aliphatic rings. The van der Waals surface area contributed by atoms with Crippen molar-refractivity contribution in [3.05, 3.63) is 0 Å². The van der Waals surface area contributed by atoms with E-state index in [0.717, 1.165) is 32.6 Å². The van der Waals surface area contributed by atoms with Crippen LogP contribution < -0.4 is 16.0 Å². The van der Waals surface area contributed by atoms with Gasteiger partial charge < -0.3 is 16.0 Å². The lowest BCUT2D eigenvalue weighted by atomic mass is 10.4. The predicted molar refractivity (Wildman–Crippen MR) is 79.8 cm³/mol. The maximum absolute atomic E-state index is 12.1. The van der Waals surface area contributed by atoms with Crippen molar-refractivity contribution >= 4 is 21.5 Å². The minimum Gasteiger partial charge on any atom is -0.383 e. The lowest BCUT2D eigenvalue weighted by molar-refractivity contribution is 0.538. The number of rotatable bonds is 3. The van der Waals surface area contributed by atoms with Gasteiger partial charge in [-0.25, -0.2) is 13.1 Å². The van der Waals surface area contributed by atoms with E-state index in [1.807, 2.05) is 18.7 Å². The fraction of sp³-hybridized carbons (Fsp3) is 0.750. The van der Waals surface area contributed by atoms with E-state index in [0.29, 0.717) is 5.82 Å². The summed E-state index contributed by atoms with van der Waals surface area (Å²) >= 11 is 0. The number of nitrogens with one attached hydrogen (secondary N) is 1. The molecule has 0 saturated carbocycles. The van der Waals surface area contributed by atoms with E-state index in [9.17, 15) is 8.42 Å². The van der Waals surface area contributed by atoms with E-state index >= 15 is 0 Å². The second-order valence-electron chi connectivity index (χ2n) is 5.44. The minimum absolute atomic E-state index is 0.0225. The molecule has 0 bridgehead atoms. The molecule has 0 aromatic carbocycles. The molecule has 0 spiro atoms. The minimum atomic E-state index is -3.41. The van der Waals surface area contributed by atoms with Gasteiger partial charge in [0, 0.05) is 31.9 Å². The molecule has 1 aliphatic heterocycles. The number of nitrogens with zero attached hydrogens (tertiary/aromatic N) is 3. The Labute approximate surface area is 120 Å². The number of hydrogen-bond acceptors (Lipinski definition) is 6. The van der Waals surface area contributed by atoms with Crippen LogP contribution in [0.2, 0.25) is 0 Å². The van der Waals surface area contributed by atoms with Gasteiger partial charge in [0.05, 0.1) is 0 Å². The standard InChI is InChI=1S/C12H23N5O2S/c1-9(2)17-11(13)10(20(3,18)19)12(15-17)16-7-4-5-14-6-8-16/h9,14H,4-8,13H2,1-3H3. The average Bonchev–Trinajstić information content (AvgIpc) is 2.53. The molecule has 0 amide bonds. The molecule has 2 heterocycles. The first-order valence-corrected chi connectivity index (χ1v) is 8.75. The summed E-state index contributed by atoms with van der Waals surface area (Å²) in [5.41, 5.74) is 6.02. The smallest absolute Gasteiger partial charge is 0.182 e. The first kappa shape index (κ1) is 15.1. The normalized spacial score (nSPS) is 17.5. The molecule has 3 N–H and O–H groups in total. The monoisotopic (exact) mass is 301 g/mol. The molecule has 1 fully saturated rings. The Morgan fingerprint density at radius 1 is 1.30 bits per heavy atom. The summed E-state index contributed by atoms with van der Waals surface area (Å²) in [6.45, 7) is 7.14. The largest absolute Gasteiger partial charge is 0.383 e. The lowest BCUT2D eigenvalue weighted by Crippen LogP contribution is -2.29. The second-order valence-corrected chi connectivity index (χ2v) is 7.39. The molecule has 20 heavy (non-hydrogen) atoms. The van der Waals surface area contributed by atoms with E-state index in [1.165, 1.54) is 6.26 Å². The molecule has 1 aromatic heterocycles. The van der Waals surface area contributed by atoms with Crippen molar-refractivity contribution in [2.24, 2.45) is 0 Å². The molecule has 8 heteroatoms. The summed E-state index contributed by atoms with van der Waals surface area (Å²) < 4.78 is 25.7. The number of sulfone groups is 1. The molecule has 0 radical (unpaired) electrons. The van der Waals surface area contributed by atoms with Crippen molar-refractivity contribution < 1.29 is 8.42 Å². The van der Waals surface area contributed by atoms with Gasteiger partial charge in [0.15, 0.2) is 20.6 Å². The van der Waals surface area contributed by atoms with Crippen LogP contribution in [-0.2, 0) is 9.84 Å². The Morgan fingerprint density at radius 3 is 2.60 bits per heavy atom. The zero-order valence-electron chi connectivity index (χ0n) is 12.3. The molecule has 0 unspecified atom stereocenters. The van der Waals surface area contributed by atoms with E-state index in [4.69, 9.17) is 5.73 Å². The van der Waals surface area contributed by atoms with Gasteiger partial charge in [0.1, 0.15) is 5.82 Å². The van der Waals surface area contributed by atoms with Crippen LogP contribution in [0.1, 0.15) is 26.3 Å². The topological polar surface area (TPSA) is 93.2 Å². The fourth-order valence-corrected chi connectivity index (χ4v) is 3.41. The van der Waals surface area contributed by atoms with E-state index in [-0.39, 0.29) is 16.8 Å². The molecule has 1 saturated heterocycles. The lowest BCUT2D eigenvalue weighted by Gasteiger charge is -2.20. The third kappa shape index (κ3) is 2.90. The highest BCUT2D eigenvalue weighted by Gasteiger charge is 2.28. The molecule has 0 aliphatic carbocycles. The van der Waals surface area contributed by atoms with Crippen LogP contribution in [0.4, 0.5) is 11.6 Å². The molecule has 114 valence electrons. The molecule has 0 atom stereocenters. The van der Waals surface area contributed by atoms with Gasteiger partial charge in [-0.1, -0.05) is 0 Å². The van der Waals surface area contributed by atoms with Crippen LogP contribution in [-0.4, -0.2) is 50.6 Å². The van der Waals surface area contributed by atoms with Crippen LogP contribution in [0.5, 0.6) is 0 Å². The number of nitrogens with two attached hydrogens (primary N) is 1. The van der Waals surface area contributed by atoms with E-state index in [1.54, 1.807) is 4.68 Å². The summed E-state index contributed by atoms with van der Waals surface area (Å²) in [5, 5.41) is 7.74. The molecule has 2 rings (SSSR count). The number of hydrogen-bond donors (Lipinski definition) is 2. The summed E-state index contributed by atoms with van der Waals surface area (Å²) in [5.74, 6) is 0.720. The zero-order valence-corrected chi connectivity index (χ0v) is 13.1. The van der Waals surface area contributed by atoms with Crippen molar-refractivity contribution in [3.8, 4) is 0 Å². The maximum atomic E-state index is 12.1. The van der Waals surface area contributed by atoms with Gasteiger partial charge >= 0.3 is 0 Å². The van der Waals surface area contributed by atoms with Crippen molar-refractivity contribution in [2.75, 3.05) is 43.1 Å². The summed E-state index contributed by atoms with van der Waals surface area (Å²) in [7, 11) is -3.41. The first-order chi connectivity index (χ1) is 9.32. The van der Waals surface area contributed by atoms with E-state index < -0.39 is 9.84 Å². The van der Waals surface area contributed by atoms with E-state index in [2.05, 4.69) is 10.4 Å². The first-order valence-electron chi connectivity index (χ1n) is 6.86. The number of anilines is 2. The maximum Gasteiger partial charge on any atom is 0.182 e. The summed E-state index contributed by atoms with van der Waals surface area (Å²) in [6, 6.07) is 0.0225. The zero-order chi connectivity index (χ0) is 14.9. The SMILES string of the molecule is CC(C)n1nc(N2CCCNCC2)c(S(C)(=O)=O)c1N. The van der Waals surface area contributed by atoms with Crippen LogP contribution in [0, 0.1) is 0 Å². The Balaban J connectivity index is 2.53. The second kappa shape index (κ2) is 5.61. The van der Waals surface area contributed by atoms with Gasteiger partial charge in [-0.2, -0.15) is 5.10 Å². The van der Waals surface area contributed by atoms with Crippen molar-refractivity contribution in [1.82, 2.24) is 15.1 Å². The quantitative estimate of drug-likeness (QED) is 0.831. The van der Waals surface area contributed by atoms with Crippen LogP contribution in [0.3, 0.4) is 0 Å². The third-order valence-electron chi connectivity index (χ3n) is 3.38. The fourth-order valence-electron chi connectivity index (χ4n) is 2.43. The Morgan fingerprint density at radius 2 is 2.00 bits per heavy atom.